The topological polar surface area (TPSA) is 58.4 Å². The van der Waals surface area contributed by atoms with E-state index < -0.39 is 0 Å². The van der Waals surface area contributed by atoms with Crippen LogP contribution in [-0.4, -0.2) is 42.5 Å². The summed E-state index contributed by atoms with van der Waals surface area (Å²) in [6.45, 7) is 9.14. The number of rotatable bonds is 5. The second kappa shape index (κ2) is 6.97. The van der Waals surface area contributed by atoms with Crippen molar-refractivity contribution < 1.29 is 4.79 Å². The van der Waals surface area contributed by atoms with Crippen molar-refractivity contribution >= 4 is 5.91 Å². The molecule has 0 aromatic carbocycles. The minimum atomic E-state index is -0.386. The summed E-state index contributed by atoms with van der Waals surface area (Å²) >= 11 is 0. The third-order valence-corrected chi connectivity index (χ3v) is 3.61. The molecule has 2 atom stereocenters. The van der Waals surface area contributed by atoms with Crippen molar-refractivity contribution in [3.05, 3.63) is 0 Å². The molecule has 0 aromatic heterocycles. The molecule has 1 aliphatic rings. The molecule has 17 heavy (non-hydrogen) atoms. The van der Waals surface area contributed by atoms with Crippen LogP contribution in [0.2, 0.25) is 0 Å². The molecule has 3 N–H and O–H groups in total. The summed E-state index contributed by atoms with van der Waals surface area (Å²) in [7, 11) is 0. The Morgan fingerprint density at radius 1 is 1.24 bits per heavy atom. The van der Waals surface area contributed by atoms with Gasteiger partial charge in [0.25, 0.3) is 0 Å². The van der Waals surface area contributed by atoms with E-state index in [0.717, 1.165) is 13.1 Å². The number of hydrogen-bond donors (Lipinski definition) is 2. The van der Waals surface area contributed by atoms with Gasteiger partial charge in [0.1, 0.15) is 0 Å². The van der Waals surface area contributed by atoms with Gasteiger partial charge in [-0.1, -0.05) is 20.3 Å². The van der Waals surface area contributed by atoms with Crippen LogP contribution in [0.15, 0.2) is 0 Å². The third-order valence-electron chi connectivity index (χ3n) is 3.61. The molecule has 0 radical (unpaired) electrons. The Kier molecular flexibility index (Phi) is 5.92. The second-order valence-corrected chi connectivity index (χ2v) is 5.46. The van der Waals surface area contributed by atoms with Crippen LogP contribution in [0.5, 0.6) is 0 Å². The molecule has 0 bridgehead atoms. The summed E-state index contributed by atoms with van der Waals surface area (Å²) in [5.41, 5.74) is 5.80. The highest BCUT2D eigenvalue weighted by molar-refractivity contribution is 5.81. The maximum atomic E-state index is 11.7. The van der Waals surface area contributed by atoms with E-state index in [1.54, 1.807) is 0 Å². The number of carbonyl (C=O) groups is 1. The van der Waals surface area contributed by atoms with E-state index in [1.807, 2.05) is 13.8 Å². The van der Waals surface area contributed by atoms with Crippen molar-refractivity contribution in [3.8, 4) is 0 Å². The first kappa shape index (κ1) is 14.5. The van der Waals surface area contributed by atoms with E-state index in [-0.39, 0.29) is 17.9 Å². The van der Waals surface area contributed by atoms with E-state index in [1.165, 1.54) is 19.3 Å². The van der Waals surface area contributed by atoms with E-state index in [0.29, 0.717) is 12.6 Å². The van der Waals surface area contributed by atoms with Gasteiger partial charge in [0.15, 0.2) is 0 Å². The van der Waals surface area contributed by atoms with Crippen molar-refractivity contribution in [2.45, 2.75) is 52.1 Å². The molecular formula is C13H27N3O. The number of hydrogen-bond acceptors (Lipinski definition) is 3. The monoisotopic (exact) mass is 241 g/mol. The predicted molar refractivity (Wildman–Crippen MR) is 70.7 cm³/mol. The smallest absolute Gasteiger partial charge is 0.237 e. The van der Waals surface area contributed by atoms with Crippen LogP contribution in [0.1, 0.15) is 40.0 Å². The molecule has 100 valence electrons. The Bertz CT molecular complexity index is 237. The number of amides is 1. The Hall–Kier alpha value is -0.610. The van der Waals surface area contributed by atoms with Crippen molar-refractivity contribution in [2.75, 3.05) is 19.6 Å². The summed E-state index contributed by atoms with van der Waals surface area (Å²) in [5.74, 6) is 0.171. The summed E-state index contributed by atoms with van der Waals surface area (Å²) in [4.78, 5) is 14.2. The molecule has 1 unspecified atom stereocenters. The highest BCUT2D eigenvalue weighted by atomic mass is 16.2. The standard InChI is InChI=1S/C13H27N3O/c1-10(2)12(14)13(17)15-9-11(3)16-7-5-4-6-8-16/h10-12H,4-9,14H2,1-3H3,(H,15,17)/t11?,12-/m0/s1. The largest absolute Gasteiger partial charge is 0.353 e. The van der Waals surface area contributed by atoms with Crippen LogP contribution in [0.3, 0.4) is 0 Å². The summed E-state index contributed by atoms with van der Waals surface area (Å²) in [6.07, 6.45) is 3.90. The number of nitrogens with one attached hydrogen (secondary N) is 1. The average Bonchev–Trinajstić information content (AvgIpc) is 2.35. The zero-order valence-corrected chi connectivity index (χ0v) is 11.4. The van der Waals surface area contributed by atoms with Crippen molar-refractivity contribution in [1.29, 1.82) is 0 Å². The Balaban J connectivity index is 2.27. The fourth-order valence-electron chi connectivity index (χ4n) is 2.16. The molecule has 0 saturated carbocycles. The lowest BCUT2D eigenvalue weighted by molar-refractivity contribution is -0.123. The lowest BCUT2D eigenvalue weighted by Crippen LogP contribution is -2.49. The molecule has 1 saturated heterocycles. The minimum Gasteiger partial charge on any atom is -0.353 e. The lowest BCUT2D eigenvalue weighted by atomic mass is 10.0. The van der Waals surface area contributed by atoms with Gasteiger partial charge in [-0.05, 0) is 38.8 Å². The van der Waals surface area contributed by atoms with Crippen LogP contribution in [0.25, 0.3) is 0 Å². The Morgan fingerprint density at radius 3 is 2.35 bits per heavy atom. The maximum absolute atomic E-state index is 11.7. The van der Waals surface area contributed by atoms with Gasteiger partial charge in [0, 0.05) is 12.6 Å². The van der Waals surface area contributed by atoms with E-state index >= 15 is 0 Å². The first-order valence-corrected chi connectivity index (χ1v) is 6.79. The number of nitrogens with two attached hydrogens (primary N) is 1. The zero-order valence-electron chi connectivity index (χ0n) is 11.4. The quantitative estimate of drug-likeness (QED) is 0.754. The van der Waals surface area contributed by atoms with Gasteiger partial charge in [0.05, 0.1) is 6.04 Å². The van der Waals surface area contributed by atoms with Gasteiger partial charge in [-0.2, -0.15) is 0 Å². The van der Waals surface area contributed by atoms with Gasteiger partial charge in [-0.3, -0.25) is 9.69 Å². The van der Waals surface area contributed by atoms with Crippen LogP contribution in [0, 0.1) is 5.92 Å². The fourth-order valence-corrected chi connectivity index (χ4v) is 2.16. The Labute approximate surface area is 105 Å². The normalized spacial score (nSPS) is 21.2. The lowest BCUT2D eigenvalue weighted by Gasteiger charge is -2.32. The second-order valence-electron chi connectivity index (χ2n) is 5.46. The number of piperidine rings is 1. The van der Waals surface area contributed by atoms with Gasteiger partial charge in [0.2, 0.25) is 5.91 Å². The highest BCUT2D eigenvalue weighted by Crippen LogP contribution is 2.11. The first-order chi connectivity index (χ1) is 8.02. The molecule has 1 fully saturated rings. The predicted octanol–water partition coefficient (Wildman–Crippen LogP) is 0.960. The fraction of sp³-hybridized carbons (Fsp3) is 0.923. The number of nitrogens with zero attached hydrogens (tertiary/aromatic N) is 1. The molecule has 1 rings (SSSR count). The molecule has 4 heteroatoms. The Morgan fingerprint density at radius 2 is 1.82 bits per heavy atom. The van der Waals surface area contributed by atoms with E-state index in [4.69, 9.17) is 5.73 Å². The number of likely N-dealkylation sites (tertiary alicyclic amines) is 1. The van der Waals surface area contributed by atoms with Gasteiger partial charge in [-0.15, -0.1) is 0 Å². The van der Waals surface area contributed by atoms with Crippen molar-refractivity contribution in [2.24, 2.45) is 11.7 Å². The average molecular weight is 241 g/mol. The molecule has 0 aromatic rings. The summed E-state index contributed by atoms with van der Waals surface area (Å²) < 4.78 is 0. The zero-order chi connectivity index (χ0) is 12.8. The van der Waals surface area contributed by atoms with Crippen molar-refractivity contribution in [1.82, 2.24) is 10.2 Å². The molecule has 4 nitrogen and oxygen atoms in total. The molecule has 0 spiro atoms. The van der Waals surface area contributed by atoms with Crippen LogP contribution in [-0.2, 0) is 4.79 Å². The van der Waals surface area contributed by atoms with Gasteiger partial charge in [-0.25, -0.2) is 0 Å². The molecule has 1 heterocycles. The van der Waals surface area contributed by atoms with Crippen LogP contribution < -0.4 is 11.1 Å². The maximum Gasteiger partial charge on any atom is 0.237 e. The number of carbonyl (C=O) groups excluding carboxylic acids is 1. The SMILES string of the molecule is CC(C)[C@H](N)C(=O)NCC(C)N1CCCCC1. The molecule has 1 amide bonds. The van der Waals surface area contributed by atoms with Crippen LogP contribution >= 0.6 is 0 Å². The van der Waals surface area contributed by atoms with Gasteiger partial charge < -0.3 is 11.1 Å². The van der Waals surface area contributed by atoms with E-state index in [2.05, 4.69) is 17.1 Å². The van der Waals surface area contributed by atoms with Crippen molar-refractivity contribution in [3.63, 3.8) is 0 Å². The third kappa shape index (κ3) is 4.64. The molecule has 0 aliphatic carbocycles. The van der Waals surface area contributed by atoms with E-state index in [9.17, 15) is 4.79 Å². The summed E-state index contributed by atoms with van der Waals surface area (Å²) in [5, 5.41) is 2.96. The highest BCUT2D eigenvalue weighted by Gasteiger charge is 2.20. The first-order valence-electron chi connectivity index (χ1n) is 6.79. The van der Waals surface area contributed by atoms with Gasteiger partial charge >= 0.3 is 0 Å². The minimum absolute atomic E-state index is 0.0242. The van der Waals surface area contributed by atoms with Crippen LogP contribution in [0.4, 0.5) is 0 Å². The molecule has 1 aliphatic heterocycles. The summed E-state index contributed by atoms with van der Waals surface area (Å²) in [6, 6.07) is 0.0298. The molecular weight excluding hydrogens is 214 g/mol.